The summed E-state index contributed by atoms with van der Waals surface area (Å²) in [6, 6.07) is 30.0. The highest BCUT2D eigenvalue weighted by Gasteiger charge is 2.17. The largest absolute Gasteiger partial charge is 0.494 e. The van der Waals surface area contributed by atoms with Crippen LogP contribution in [0.3, 0.4) is 0 Å². The fourth-order valence-corrected chi connectivity index (χ4v) is 5.40. The number of nitrogens with zero attached hydrogens (tertiary/aromatic N) is 5. The zero-order valence-electron chi connectivity index (χ0n) is 22.3. The molecule has 4 aromatic carbocycles. The summed E-state index contributed by atoms with van der Waals surface area (Å²) in [5, 5.41) is 18.1. The third-order valence-electron chi connectivity index (χ3n) is 6.49. The first kappa shape index (κ1) is 26.2. The molecule has 0 saturated heterocycles. The number of hydrogen-bond donors (Lipinski definition) is 1. The molecule has 0 fully saturated rings. The predicted molar refractivity (Wildman–Crippen MR) is 164 cm³/mol. The van der Waals surface area contributed by atoms with Crippen molar-refractivity contribution in [2.75, 3.05) is 12.4 Å². The van der Waals surface area contributed by atoms with E-state index in [-0.39, 0.29) is 11.7 Å². The first-order valence-corrected chi connectivity index (χ1v) is 14.1. The third-order valence-corrected chi connectivity index (χ3v) is 7.42. The molecule has 9 heteroatoms. The summed E-state index contributed by atoms with van der Waals surface area (Å²) >= 11 is 1.28. The molecule has 202 valence electrons. The topological polar surface area (TPSA) is 94.3 Å². The van der Waals surface area contributed by atoms with Crippen LogP contribution in [-0.4, -0.2) is 44.2 Å². The van der Waals surface area contributed by atoms with E-state index in [0.717, 1.165) is 44.1 Å². The van der Waals surface area contributed by atoms with Gasteiger partial charge in [-0.05, 0) is 70.9 Å². The number of aromatic nitrogens is 4. The Balaban J connectivity index is 1.22. The van der Waals surface area contributed by atoms with Crippen LogP contribution in [0.4, 0.5) is 0 Å². The smallest absolute Gasteiger partial charge is 0.250 e. The number of ether oxygens (including phenoxy) is 1. The lowest BCUT2D eigenvalue weighted by Crippen LogP contribution is -2.20. The Labute approximate surface area is 241 Å². The van der Waals surface area contributed by atoms with Gasteiger partial charge in [-0.25, -0.2) is 5.43 Å². The molecular formula is C32H26N6O2S. The van der Waals surface area contributed by atoms with Crippen molar-refractivity contribution in [2.45, 2.75) is 12.1 Å². The van der Waals surface area contributed by atoms with Gasteiger partial charge >= 0.3 is 0 Å². The minimum absolute atomic E-state index is 0.107. The number of pyridine rings is 1. The Morgan fingerprint density at radius 3 is 2.37 bits per heavy atom. The molecule has 6 aromatic rings. The third kappa shape index (κ3) is 5.66. The Morgan fingerprint density at radius 2 is 1.68 bits per heavy atom. The van der Waals surface area contributed by atoms with Gasteiger partial charge in [0.1, 0.15) is 5.75 Å². The molecule has 0 aliphatic carbocycles. The minimum Gasteiger partial charge on any atom is -0.494 e. The second-order valence-corrected chi connectivity index (χ2v) is 10.1. The van der Waals surface area contributed by atoms with Crippen LogP contribution in [0.5, 0.6) is 5.75 Å². The van der Waals surface area contributed by atoms with E-state index < -0.39 is 0 Å². The van der Waals surface area contributed by atoms with Crippen molar-refractivity contribution < 1.29 is 9.53 Å². The van der Waals surface area contributed by atoms with E-state index in [1.807, 2.05) is 72.2 Å². The molecule has 0 saturated carbocycles. The number of carbonyl (C=O) groups is 1. The fourth-order valence-electron chi connectivity index (χ4n) is 4.66. The van der Waals surface area contributed by atoms with Crippen LogP contribution in [0.1, 0.15) is 12.5 Å². The van der Waals surface area contributed by atoms with Crippen LogP contribution < -0.4 is 10.2 Å². The van der Waals surface area contributed by atoms with Crippen molar-refractivity contribution in [3.8, 4) is 22.8 Å². The van der Waals surface area contributed by atoms with Gasteiger partial charge in [0.2, 0.25) is 0 Å². The van der Waals surface area contributed by atoms with Crippen molar-refractivity contribution in [1.29, 1.82) is 0 Å². The quantitative estimate of drug-likeness (QED) is 0.0972. The Hall–Kier alpha value is -5.02. The van der Waals surface area contributed by atoms with Gasteiger partial charge in [-0.1, -0.05) is 60.3 Å². The monoisotopic (exact) mass is 558 g/mol. The van der Waals surface area contributed by atoms with Crippen molar-refractivity contribution in [3.63, 3.8) is 0 Å². The van der Waals surface area contributed by atoms with Gasteiger partial charge in [0.15, 0.2) is 11.0 Å². The van der Waals surface area contributed by atoms with Crippen LogP contribution in [0.2, 0.25) is 0 Å². The SMILES string of the molecule is CCOc1ccc(-n2c(SCC(=O)NN=Cc3c4ccccc4cc4ccccc34)nnc2-c2cccnc2)cc1. The summed E-state index contributed by atoms with van der Waals surface area (Å²) in [4.78, 5) is 17.1. The van der Waals surface area contributed by atoms with Crippen molar-refractivity contribution >= 4 is 45.4 Å². The molecule has 8 nitrogen and oxygen atoms in total. The van der Waals surface area contributed by atoms with Crippen LogP contribution in [0.25, 0.3) is 38.6 Å². The van der Waals surface area contributed by atoms with E-state index in [0.29, 0.717) is 17.6 Å². The van der Waals surface area contributed by atoms with Gasteiger partial charge in [-0.2, -0.15) is 5.10 Å². The molecule has 0 aliphatic rings. The lowest BCUT2D eigenvalue weighted by atomic mass is 9.97. The van der Waals surface area contributed by atoms with Gasteiger partial charge in [0, 0.05) is 29.2 Å². The van der Waals surface area contributed by atoms with Crippen molar-refractivity contribution in [1.82, 2.24) is 25.2 Å². The summed E-state index contributed by atoms with van der Waals surface area (Å²) in [6.45, 7) is 2.53. The normalized spacial score (nSPS) is 11.3. The average Bonchev–Trinajstić information content (AvgIpc) is 3.44. The van der Waals surface area contributed by atoms with Crippen LogP contribution in [0.15, 0.2) is 114 Å². The maximum absolute atomic E-state index is 12.8. The summed E-state index contributed by atoms with van der Waals surface area (Å²) in [5.41, 5.74) is 5.30. The highest BCUT2D eigenvalue weighted by molar-refractivity contribution is 7.99. The predicted octanol–water partition coefficient (Wildman–Crippen LogP) is 6.28. The Bertz CT molecular complexity index is 1800. The molecular weight excluding hydrogens is 532 g/mol. The molecule has 1 amide bonds. The zero-order valence-corrected chi connectivity index (χ0v) is 23.1. The Morgan fingerprint density at radius 1 is 0.951 bits per heavy atom. The number of hydrogen-bond acceptors (Lipinski definition) is 7. The highest BCUT2D eigenvalue weighted by atomic mass is 32.2. The number of fused-ring (bicyclic) bond motifs is 2. The average molecular weight is 559 g/mol. The lowest BCUT2D eigenvalue weighted by Gasteiger charge is -2.11. The molecule has 6 rings (SSSR count). The first-order chi connectivity index (χ1) is 20.2. The number of nitrogens with one attached hydrogen (secondary N) is 1. The van der Waals surface area contributed by atoms with E-state index in [9.17, 15) is 4.79 Å². The number of amides is 1. The molecule has 0 aliphatic heterocycles. The number of hydrazone groups is 1. The molecule has 2 heterocycles. The number of carbonyl (C=O) groups excluding carboxylic acids is 1. The minimum atomic E-state index is -0.250. The highest BCUT2D eigenvalue weighted by Crippen LogP contribution is 2.29. The number of benzene rings is 4. The maximum atomic E-state index is 12.8. The molecule has 0 unspecified atom stereocenters. The number of thioether (sulfide) groups is 1. The van der Waals surface area contributed by atoms with E-state index >= 15 is 0 Å². The zero-order chi connectivity index (χ0) is 28.0. The molecule has 0 bridgehead atoms. The van der Waals surface area contributed by atoms with Gasteiger partial charge in [-0.3, -0.25) is 14.3 Å². The second kappa shape index (κ2) is 12.0. The molecule has 1 N–H and O–H groups in total. The molecule has 0 radical (unpaired) electrons. The van der Waals surface area contributed by atoms with Crippen molar-refractivity contribution in [3.05, 3.63) is 109 Å². The summed E-state index contributed by atoms with van der Waals surface area (Å²) in [7, 11) is 0. The summed E-state index contributed by atoms with van der Waals surface area (Å²) < 4.78 is 7.51. The van der Waals surface area contributed by atoms with Crippen LogP contribution >= 0.6 is 11.8 Å². The van der Waals surface area contributed by atoms with Crippen molar-refractivity contribution in [2.24, 2.45) is 5.10 Å². The van der Waals surface area contributed by atoms with Gasteiger partial charge in [0.25, 0.3) is 5.91 Å². The fraction of sp³-hybridized carbons (Fsp3) is 0.0938. The molecule has 2 aromatic heterocycles. The van der Waals surface area contributed by atoms with Crippen LogP contribution in [0, 0.1) is 0 Å². The van der Waals surface area contributed by atoms with E-state index in [1.54, 1.807) is 18.6 Å². The summed E-state index contributed by atoms with van der Waals surface area (Å²) in [6.07, 6.45) is 5.17. The van der Waals surface area contributed by atoms with Gasteiger partial charge in [-0.15, -0.1) is 10.2 Å². The first-order valence-electron chi connectivity index (χ1n) is 13.2. The van der Waals surface area contributed by atoms with E-state index in [1.165, 1.54) is 11.8 Å². The lowest BCUT2D eigenvalue weighted by molar-refractivity contribution is -0.118. The van der Waals surface area contributed by atoms with E-state index in [4.69, 9.17) is 4.74 Å². The molecule has 0 spiro atoms. The van der Waals surface area contributed by atoms with Crippen LogP contribution in [-0.2, 0) is 4.79 Å². The van der Waals surface area contributed by atoms with Gasteiger partial charge < -0.3 is 4.74 Å². The van der Waals surface area contributed by atoms with Gasteiger partial charge in [0.05, 0.1) is 18.6 Å². The maximum Gasteiger partial charge on any atom is 0.250 e. The van der Waals surface area contributed by atoms with E-state index in [2.05, 4.69) is 56.0 Å². The number of rotatable bonds is 9. The summed E-state index contributed by atoms with van der Waals surface area (Å²) in [5.74, 6) is 1.26. The Kier molecular flexibility index (Phi) is 7.68. The molecule has 41 heavy (non-hydrogen) atoms. The standard InChI is InChI=1S/C32H26N6O2S/c1-2-40-26-15-13-25(14-16-26)38-31(24-10-7-17-33-19-24)36-37-32(38)41-21-30(39)35-34-20-29-27-11-5-3-8-22(27)18-23-9-4-6-12-28(23)29/h3-20H,2,21H2,1H3,(H,35,39). The second-order valence-electron chi connectivity index (χ2n) is 9.12. The molecule has 0 atom stereocenters.